The van der Waals surface area contributed by atoms with Gasteiger partial charge in [0.15, 0.2) is 0 Å². The van der Waals surface area contributed by atoms with E-state index in [9.17, 15) is 9.59 Å². The molecule has 112 valence electrons. The molecule has 2 aliphatic carbocycles. The number of allylic oxidation sites excluding steroid dienone is 1. The molecule has 0 amide bonds. The Labute approximate surface area is 120 Å². The van der Waals surface area contributed by atoms with Crippen molar-refractivity contribution in [3.05, 3.63) is 11.6 Å². The van der Waals surface area contributed by atoms with E-state index in [1.807, 2.05) is 26.8 Å². The number of esters is 2. The Kier molecular flexibility index (Phi) is 4.21. The van der Waals surface area contributed by atoms with Crippen LogP contribution in [-0.4, -0.2) is 24.6 Å². The molecule has 0 heterocycles. The van der Waals surface area contributed by atoms with E-state index in [2.05, 4.69) is 0 Å². The highest BCUT2D eigenvalue weighted by molar-refractivity contribution is 5.91. The number of hydrogen-bond donors (Lipinski definition) is 0. The van der Waals surface area contributed by atoms with Crippen LogP contribution in [0.5, 0.6) is 0 Å². The maximum absolute atomic E-state index is 12.5. The molecule has 1 saturated carbocycles. The summed E-state index contributed by atoms with van der Waals surface area (Å²) in [5, 5.41) is 0. The van der Waals surface area contributed by atoms with Crippen LogP contribution in [0.2, 0.25) is 0 Å². The molecule has 4 nitrogen and oxygen atoms in total. The van der Waals surface area contributed by atoms with E-state index in [0.717, 1.165) is 25.7 Å². The zero-order chi connectivity index (χ0) is 14.9. The van der Waals surface area contributed by atoms with Gasteiger partial charge in [0, 0.05) is 11.5 Å². The zero-order valence-corrected chi connectivity index (χ0v) is 12.8. The number of methoxy groups -OCH3 is 1. The van der Waals surface area contributed by atoms with Crippen LogP contribution in [-0.2, 0) is 19.1 Å². The van der Waals surface area contributed by atoms with Crippen molar-refractivity contribution in [2.75, 3.05) is 7.11 Å². The van der Waals surface area contributed by atoms with Crippen LogP contribution in [0.15, 0.2) is 11.6 Å². The number of carbonyl (C=O) groups is 2. The molecular weight excluding hydrogens is 256 g/mol. The highest BCUT2D eigenvalue weighted by atomic mass is 16.6. The van der Waals surface area contributed by atoms with E-state index in [1.165, 1.54) is 7.11 Å². The van der Waals surface area contributed by atoms with E-state index >= 15 is 0 Å². The monoisotopic (exact) mass is 280 g/mol. The summed E-state index contributed by atoms with van der Waals surface area (Å²) < 4.78 is 10.4. The maximum Gasteiger partial charge on any atom is 0.333 e. The third-order valence-corrected chi connectivity index (χ3v) is 4.17. The lowest BCUT2D eigenvalue weighted by atomic mass is 9.64. The summed E-state index contributed by atoms with van der Waals surface area (Å²) in [6.07, 6.45) is 5.68. The Morgan fingerprint density at radius 1 is 1.25 bits per heavy atom. The van der Waals surface area contributed by atoms with Crippen LogP contribution in [0.4, 0.5) is 0 Å². The van der Waals surface area contributed by atoms with Gasteiger partial charge in [0.1, 0.15) is 5.60 Å². The van der Waals surface area contributed by atoms with Crippen LogP contribution in [0.1, 0.15) is 46.5 Å². The van der Waals surface area contributed by atoms with Gasteiger partial charge in [0.05, 0.1) is 13.0 Å². The molecule has 0 aliphatic heterocycles. The highest BCUT2D eigenvalue weighted by Crippen LogP contribution is 2.45. The maximum atomic E-state index is 12.5. The minimum Gasteiger partial charge on any atom is -0.466 e. The number of carbonyl (C=O) groups excluding carboxylic acids is 2. The molecule has 2 aliphatic rings. The summed E-state index contributed by atoms with van der Waals surface area (Å²) in [6, 6.07) is 0. The van der Waals surface area contributed by atoms with Crippen molar-refractivity contribution in [2.24, 2.45) is 17.8 Å². The molecule has 3 atom stereocenters. The molecule has 20 heavy (non-hydrogen) atoms. The Morgan fingerprint density at radius 2 is 1.95 bits per heavy atom. The number of hydrogen-bond acceptors (Lipinski definition) is 4. The van der Waals surface area contributed by atoms with Crippen LogP contribution in [0.3, 0.4) is 0 Å². The lowest BCUT2D eigenvalue weighted by molar-refractivity contribution is -0.166. The molecule has 1 fully saturated rings. The molecule has 0 aromatic rings. The predicted molar refractivity (Wildman–Crippen MR) is 74.9 cm³/mol. The normalized spacial score (nSPS) is 29.4. The Balaban J connectivity index is 2.23. The number of fused-ring (bicyclic) bond motifs is 2. The lowest BCUT2D eigenvalue weighted by Crippen LogP contribution is -2.42. The largest absolute Gasteiger partial charge is 0.466 e. The lowest BCUT2D eigenvalue weighted by Gasteiger charge is -2.41. The first kappa shape index (κ1) is 15.1. The second-order valence-corrected chi connectivity index (χ2v) is 6.74. The van der Waals surface area contributed by atoms with Crippen molar-refractivity contribution in [1.29, 1.82) is 0 Å². The van der Waals surface area contributed by atoms with Gasteiger partial charge in [-0.2, -0.15) is 0 Å². The minimum absolute atomic E-state index is 0.0372. The van der Waals surface area contributed by atoms with Gasteiger partial charge in [-0.1, -0.05) is 12.5 Å². The molecule has 0 aromatic carbocycles. The highest BCUT2D eigenvalue weighted by Gasteiger charge is 2.45. The molecule has 4 heteroatoms. The standard InChI is InChI=1S/C16H24O4/c1-16(2,3)20-15(18)13-10-6-5-7-11(13)12(9-8-10)14(17)19-4/h9-11,13H,5-8H2,1-4H3. The Morgan fingerprint density at radius 3 is 2.55 bits per heavy atom. The Bertz CT molecular complexity index is 430. The Hall–Kier alpha value is -1.32. The second-order valence-electron chi connectivity index (χ2n) is 6.74. The van der Waals surface area contributed by atoms with Crippen molar-refractivity contribution >= 4 is 11.9 Å². The van der Waals surface area contributed by atoms with E-state index in [0.29, 0.717) is 11.5 Å². The first-order valence-electron chi connectivity index (χ1n) is 7.34. The first-order valence-corrected chi connectivity index (χ1v) is 7.34. The van der Waals surface area contributed by atoms with Gasteiger partial charge in [0.2, 0.25) is 0 Å². The third kappa shape index (κ3) is 3.05. The van der Waals surface area contributed by atoms with Gasteiger partial charge in [-0.25, -0.2) is 4.79 Å². The summed E-state index contributed by atoms with van der Waals surface area (Å²) in [4.78, 5) is 24.4. The predicted octanol–water partition coefficient (Wildman–Crippen LogP) is 2.86. The molecular formula is C16H24O4. The van der Waals surface area contributed by atoms with Gasteiger partial charge >= 0.3 is 11.9 Å². The summed E-state index contributed by atoms with van der Waals surface area (Å²) in [7, 11) is 1.39. The summed E-state index contributed by atoms with van der Waals surface area (Å²) in [5.41, 5.74) is 0.178. The fourth-order valence-corrected chi connectivity index (χ4v) is 3.41. The topological polar surface area (TPSA) is 52.6 Å². The third-order valence-electron chi connectivity index (χ3n) is 4.17. The van der Waals surface area contributed by atoms with E-state index in [-0.39, 0.29) is 23.8 Å². The van der Waals surface area contributed by atoms with Crippen molar-refractivity contribution in [2.45, 2.75) is 52.1 Å². The second kappa shape index (κ2) is 5.58. The quantitative estimate of drug-likeness (QED) is 0.730. The van der Waals surface area contributed by atoms with Gasteiger partial charge in [0.25, 0.3) is 0 Å². The average molecular weight is 280 g/mol. The molecule has 0 radical (unpaired) electrons. The van der Waals surface area contributed by atoms with Crippen molar-refractivity contribution in [3.63, 3.8) is 0 Å². The van der Waals surface area contributed by atoms with Crippen LogP contribution in [0, 0.1) is 17.8 Å². The SMILES string of the molecule is COC(=O)C1=CCC2CCCC1C2C(=O)OC(C)(C)C. The van der Waals surface area contributed by atoms with Gasteiger partial charge in [-0.15, -0.1) is 0 Å². The van der Waals surface area contributed by atoms with Crippen molar-refractivity contribution in [3.8, 4) is 0 Å². The van der Waals surface area contributed by atoms with Gasteiger partial charge in [-0.05, 0) is 46.0 Å². The van der Waals surface area contributed by atoms with Crippen LogP contribution in [0.25, 0.3) is 0 Å². The molecule has 0 aromatic heterocycles. The molecule has 0 saturated heterocycles. The average Bonchev–Trinajstić information content (AvgIpc) is 2.35. The van der Waals surface area contributed by atoms with Crippen LogP contribution >= 0.6 is 0 Å². The smallest absolute Gasteiger partial charge is 0.333 e. The fraction of sp³-hybridized carbons (Fsp3) is 0.750. The molecule has 0 N–H and O–H groups in total. The van der Waals surface area contributed by atoms with Gasteiger partial charge < -0.3 is 9.47 Å². The number of rotatable bonds is 2. The molecule has 0 spiro atoms. The summed E-state index contributed by atoms with van der Waals surface area (Å²) in [5.74, 6) is -0.394. The van der Waals surface area contributed by atoms with E-state index < -0.39 is 5.60 Å². The zero-order valence-electron chi connectivity index (χ0n) is 12.8. The van der Waals surface area contributed by atoms with Crippen molar-refractivity contribution in [1.82, 2.24) is 0 Å². The molecule has 2 rings (SSSR count). The fourth-order valence-electron chi connectivity index (χ4n) is 3.41. The van der Waals surface area contributed by atoms with Crippen LogP contribution < -0.4 is 0 Å². The van der Waals surface area contributed by atoms with Gasteiger partial charge in [-0.3, -0.25) is 4.79 Å². The minimum atomic E-state index is -0.488. The van der Waals surface area contributed by atoms with E-state index in [4.69, 9.17) is 9.47 Å². The number of ether oxygens (including phenoxy) is 2. The summed E-state index contributed by atoms with van der Waals surface area (Å²) in [6.45, 7) is 5.63. The molecule has 3 unspecified atom stereocenters. The van der Waals surface area contributed by atoms with Crippen molar-refractivity contribution < 1.29 is 19.1 Å². The first-order chi connectivity index (χ1) is 9.33. The summed E-state index contributed by atoms with van der Waals surface area (Å²) >= 11 is 0. The van der Waals surface area contributed by atoms with E-state index in [1.54, 1.807) is 0 Å². The molecule has 2 bridgehead atoms.